The fraction of sp³-hybridized carbons (Fsp3) is 0.846. The van der Waals surface area contributed by atoms with Crippen molar-refractivity contribution in [3.63, 3.8) is 0 Å². The molecule has 3 nitrogen and oxygen atoms in total. The van der Waals surface area contributed by atoms with Gasteiger partial charge in [-0.25, -0.2) is 5.43 Å². The Bertz CT molecular complexity index is 316. The fourth-order valence-corrected chi connectivity index (χ4v) is 2.77. The molecule has 0 spiro atoms. The van der Waals surface area contributed by atoms with E-state index in [1.807, 2.05) is 0 Å². The van der Waals surface area contributed by atoms with Gasteiger partial charge in [0.2, 0.25) is 5.91 Å². The predicted octanol–water partition coefficient (Wildman–Crippen LogP) is 2.71. The molecule has 2 saturated carbocycles. The van der Waals surface area contributed by atoms with Crippen LogP contribution in [0.1, 0.15) is 52.9 Å². The van der Waals surface area contributed by atoms with Crippen LogP contribution in [0.3, 0.4) is 0 Å². The van der Waals surface area contributed by atoms with Gasteiger partial charge in [-0.2, -0.15) is 5.10 Å². The van der Waals surface area contributed by atoms with Crippen LogP contribution in [0, 0.1) is 17.3 Å². The van der Waals surface area contributed by atoms with Crippen molar-refractivity contribution < 1.29 is 4.79 Å². The molecule has 0 aromatic rings. The molecule has 0 aromatic heterocycles. The number of hydrogen-bond donors (Lipinski definition) is 1. The average Bonchev–Trinajstić information content (AvgIpc) is 2.93. The van der Waals surface area contributed by atoms with Gasteiger partial charge in [0.25, 0.3) is 0 Å². The minimum Gasteiger partial charge on any atom is -0.273 e. The van der Waals surface area contributed by atoms with E-state index in [1.54, 1.807) is 0 Å². The van der Waals surface area contributed by atoms with Gasteiger partial charge in [0.05, 0.1) is 0 Å². The standard InChI is InChI=1S/C13H22N2O/c1-9-6-11(8-13(2,3)7-9)14-15-12(16)10-4-5-10/h9-10H,4-8H2,1-3H3,(H,15,16)/t9-/m0/s1. The molecular weight excluding hydrogens is 200 g/mol. The van der Waals surface area contributed by atoms with Gasteiger partial charge < -0.3 is 0 Å². The van der Waals surface area contributed by atoms with E-state index < -0.39 is 0 Å². The zero-order valence-electron chi connectivity index (χ0n) is 10.5. The van der Waals surface area contributed by atoms with E-state index in [-0.39, 0.29) is 11.8 Å². The average molecular weight is 222 g/mol. The summed E-state index contributed by atoms with van der Waals surface area (Å²) in [7, 11) is 0. The highest BCUT2D eigenvalue weighted by Gasteiger charge is 2.31. The van der Waals surface area contributed by atoms with Crippen LogP contribution < -0.4 is 5.43 Å². The van der Waals surface area contributed by atoms with E-state index in [0.29, 0.717) is 11.3 Å². The Labute approximate surface area is 97.7 Å². The quantitative estimate of drug-likeness (QED) is 0.717. The maximum Gasteiger partial charge on any atom is 0.243 e. The number of nitrogens with zero attached hydrogens (tertiary/aromatic N) is 1. The van der Waals surface area contributed by atoms with Crippen LogP contribution >= 0.6 is 0 Å². The molecule has 0 unspecified atom stereocenters. The molecule has 0 bridgehead atoms. The van der Waals surface area contributed by atoms with Crippen LogP contribution in [-0.2, 0) is 4.79 Å². The molecular formula is C13H22N2O. The second-order valence-electron chi connectivity index (χ2n) is 6.28. The van der Waals surface area contributed by atoms with Crippen LogP contribution in [-0.4, -0.2) is 11.6 Å². The second kappa shape index (κ2) is 4.19. The lowest BCUT2D eigenvalue weighted by Crippen LogP contribution is -2.30. The van der Waals surface area contributed by atoms with Crippen molar-refractivity contribution >= 4 is 11.6 Å². The molecule has 0 aliphatic heterocycles. The molecule has 2 aliphatic rings. The molecule has 0 aromatic carbocycles. The van der Waals surface area contributed by atoms with Crippen LogP contribution in [0.15, 0.2) is 5.10 Å². The molecule has 2 aliphatic carbocycles. The van der Waals surface area contributed by atoms with Crippen LogP contribution in [0.25, 0.3) is 0 Å². The van der Waals surface area contributed by atoms with E-state index in [2.05, 4.69) is 31.3 Å². The third kappa shape index (κ3) is 3.06. The highest BCUT2D eigenvalue weighted by atomic mass is 16.2. The third-order valence-electron chi connectivity index (χ3n) is 3.44. The van der Waals surface area contributed by atoms with Gasteiger partial charge >= 0.3 is 0 Å². The molecule has 0 radical (unpaired) electrons. The van der Waals surface area contributed by atoms with Crippen molar-refractivity contribution in [1.82, 2.24) is 5.43 Å². The molecule has 2 fully saturated rings. The Hall–Kier alpha value is -0.860. The third-order valence-corrected chi connectivity index (χ3v) is 3.44. The summed E-state index contributed by atoms with van der Waals surface area (Å²) in [6.07, 6.45) is 5.39. The van der Waals surface area contributed by atoms with E-state index in [1.165, 1.54) is 6.42 Å². The molecule has 1 atom stereocenters. The van der Waals surface area contributed by atoms with E-state index >= 15 is 0 Å². The van der Waals surface area contributed by atoms with E-state index in [9.17, 15) is 4.79 Å². The predicted molar refractivity (Wildman–Crippen MR) is 65.1 cm³/mol. The largest absolute Gasteiger partial charge is 0.273 e. The lowest BCUT2D eigenvalue weighted by Gasteiger charge is -2.34. The zero-order chi connectivity index (χ0) is 11.8. The Morgan fingerprint density at radius 1 is 1.44 bits per heavy atom. The van der Waals surface area contributed by atoms with Gasteiger partial charge in [0.1, 0.15) is 0 Å². The van der Waals surface area contributed by atoms with Gasteiger partial charge in [0, 0.05) is 11.6 Å². The number of hydrogen-bond acceptors (Lipinski definition) is 2. The Morgan fingerprint density at radius 3 is 2.69 bits per heavy atom. The lowest BCUT2D eigenvalue weighted by atomic mass is 9.72. The maximum absolute atomic E-state index is 11.5. The van der Waals surface area contributed by atoms with E-state index in [0.717, 1.165) is 31.4 Å². The van der Waals surface area contributed by atoms with Crippen molar-refractivity contribution in [2.45, 2.75) is 52.9 Å². The van der Waals surface area contributed by atoms with Crippen LogP contribution in [0.5, 0.6) is 0 Å². The fourth-order valence-electron chi connectivity index (χ4n) is 2.77. The SMILES string of the molecule is C[C@H]1CC(=NNC(=O)C2CC2)CC(C)(C)C1. The number of amides is 1. The lowest BCUT2D eigenvalue weighted by molar-refractivity contribution is -0.122. The minimum atomic E-state index is 0.114. The Balaban J connectivity index is 1.92. The molecule has 0 heterocycles. The van der Waals surface area contributed by atoms with E-state index in [4.69, 9.17) is 0 Å². The number of nitrogens with one attached hydrogen (secondary N) is 1. The normalized spacial score (nSPS) is 31.4. The van der Waals surface area contributed by atoms with Crippen molar-refractivity contribution in [2.75, 3.05) is 0 Å². The molecule has 90 valence electrons. The van der Waals surface area contributed by atoms with Gasteiger partial charge in [-0.15, -0.1) is 0 Å². The first-order valence-electron chi connectivity index (χ1n) is 6.31. The van der Waals surface area contributed by atoms with Crippen molar-refractivity contribution in [3.05, 3.63) is 0 Å². The molecule has 1 N–H and O–H groups in total. The zero-order valence-corrected chi connectivity index (χ0v) is 10.5. The number of hydrazone groups is 1. The topological polar surface area (TPSA) is 41.5 Å². The number of rotatable bonds is 2. The first-order valence-corrected chi connectivity index (χ1v) is 6.31. The maximum atomic E-state index is 11.5. The number of carbonyl (C=O) groups is 1. The number of carbonyl (C=O) groups excluding carboxylic acids is 1. The summed E-state index contributed by atoms with van der Waals surface area (Å²) in [4.78, 5) is 11.5. The molecule has 16 heavy (non-hydrogen) atoms. The summed E-state index contributed by atoms with van der Waals surface area (Å²) in [6.45, 7) is 6.82. The first kappa shape index (κ1) is 11.6. The van der Waals surface area contributed by atoms with Gasteiger partial charge in [0.15, 0.2) is 0 Å². The minimum absolute atomic E-state index is 0.114. The highest BCUT2D eigenvalue weighted by Crippen LogP contribution is 2.37. The molecule has 3 heteroatoms. The summed E-state index contributed by atoms with van der Waals surface area (Å²) in [5.41, 5.74) is 4.22. The van der Waals surface area contributed by atoms with Gasteiger partial charge in [-0.3, -0.25) is 4.79 Å². The van der Waals surface area contributed by atoms with Crippen molar-refractivity contribution in [2.24, 2.45) is 22.4 Å². The monoisotopic (exact) mass is 222 g/mol. The van der Waals surface area contributed by atoms with Gasteiger partial charge in [-0.05, 0) is 43.4 Å². The summed E-state index contributed by atoms with van der Waals surface area (Å²) in [6, 6.07) is 0. The van der Waals surface area contributed by atoms with Gasteiger partial charge in [-0.1, -0.05) is 20.8 Å². The second-order valence-corrected chi connectivity index (χ2v) is 6.28. The molecule has 2 rings (SSSR count). The Morgan fingerprint density at radius 2 is 2.12 bits per heavy atom. The highest BCUT2D eigenvalue weighted by molar-refractivity contribution is 5.88. The first-order chi connectivity index (χ1) is 7.46. The summed E-state index contributed by atoms with van der Waals surface area (Å²) in [5, 5.41) is 4.31. The summed E-state index contributed by atoms with van der Waals surface area (Å²) in [5.74, 6) is 1.04. The Kier molecular flexibility index (Phi) is 3.04. The van der Waals surface area contributed by atoms with Crippen molar-refractivity contribution in [1.29, 1.82) is 0 Å². The van der Waals surface area contributed by atoms with Crippen LogP contribution in [0.4, 0.5) is 0 Å². The summed E-state index contributed by atoms with van der Waals surface area (Å²) >= 11 is 0. The smallest absolute Gasteiger partial charge is 0.243 e. The molecule has 1 amide bonds. The van der Waals surface area contributed by atoms with Crippen molar-refractivity contribution in [3.8, 4) is 0 Å². The summed E-state index contributed by atoms with van der Waals surface area (Å²) < 4.78 is 0. The van der Waals surface area contributed by atoms with Crippen LogP contribution in [0.2, 0.25) is 0 Å². The molecule has 0 saturated heterocycles.